The summed E-state index contributed by atoms with van der Waals surface area (Å²) in [6, 6.07) is 0. The molecule has 0 saturated carbocycles. The third-order valence-corrected chi connectivity index (χ3v) is 3.05. The van der Waals surface area contributed by atoms with Crippen LogP contribution in [0, 0.1) is 0 Å². The molecule has 0 heterocycles. The van der Waals surface area contributed by atoms with Crippen molar-refractivity contribution in [3.63, 3.8) is 0 Å². The molecule has 0 aromatic heterocycles. The third-order valence-electron chi connectivity index (χ3n) is 2.25. The maximum absolute atomic E-state index is 10.0. The Kier molecular flexibility index (Phi) is 15.1. The van der Waals surface area contributed by atoms with E-state index in [0.717, 1.165) is 17.9 Å². The molecule has 0 aliphatic heterocycles. The van der Waals surface area contributed by atoms with E-state index in [1.807, 2.05) is 17.7 Å². The van der Waals surface area contributed by atoms with Crippen LogP contribution in [0.3, 0.4) is 0 Å². The van der Waals surface area contributed by atoms with E-state index in [0.29, 0.717) is 12.8 Å². The second kappa shape index (κ2) is 13.4. The molecule has 0 amide bonds. The predicted molar refractivity (Wildman–Crippen MR) is 72.6 cm³/mol. The van der Waals surface area contributed by atoms with Crippen molar-refractivity contribution in [2.75, 3.05) is 5.75 Å². The Morgan fingerprint density at radius 2 is 1.67 bits per heavy atom. The summed E-state index contributed by atoms with van der Waals surface area (Å²) in [4.78, 5) is 10.0. The van der Waals surface area contributed by atoms with Gasteiger partial charge in [0.15, 0.2) is 0 Å². The van der Waals surface area contributed by atoms with Gasteiger partial charge in [-0.2, -0.15) is 0 Å². The first-order valence-corrected chi connectivity index (χ1v) is 8.11. The molecule has 7 heteroatoms. The van der Waals surface area contributed by atoms with Crippen LogP contribution < -0.4 is 0 Å². The van der Waals surface area contributed by atoms with Gasteiger partial charge in [-0.3, -0.25) is 4.79 Å². The number of carboxylic acid groups (broad SMARTS) is 1. The Morgan fingerprint density at radius 3 is 2.00 bits per heavy atom. The fraction of sp³-hybridized carbons (Fsp3) is 0.909. The molecule has 0 aliphatic rings. The number of hydrogen-bond donors (Lipinski definition) is 2. The number of aliphatic carboxylic acids is 1. The van der Waals surface area contributed by atoms with Crippen LogP contribution in [0.15, 0.2) is 0 Å². The van der Waals surface area contributed by atoms with Crippen LogP contribution in [-0.4, -0.2) is 47.5 Å². The van der Waals surface area contributed by atoms with E-state index < -0.39 is 16.1 Å². The summed E-state index contributed by atoms with van der Waals surface area (Å²) in [7, 11) is -3.69. The van der Waals surface area contributed by atoms with Gasteiger partial charge in [0.05, 0.1) is 0 Å². The van der Waals surface area contributed by atoms with Crippen molar-refractivity contribution in [1.82, 2.24) is 0 Å². The Hall–Kier alpha value is -0.0226. The van der Waals surface area contributed by atoms with Crippen LogP contribution in [0.4, 0.5) is 0 Å². The van der Waals surface area contributed by atoms with Crippen molar-refractivity contribution in [3.05, 3.63) is 0 Å². The molecule has 0 aromatic carbocycles. The van der Waals surface area contributed by atoms with E-state index in [4.69, 9.17) is 9.66 Å². The van der Waals surface area contributed by atoms with Gasteiger partial charge in [-0.1, -0.05) is 32.6 Å². The van der Waals surface area contributed by atoms with Gasteiger partial charge in [-0.05, 0) is 6.42 Å². The van der Waals surface area contributed by atoms with Gasteiger partial charge in [-0.15, -0.1) is 0 Å². The quantitative estimate of drug-likeness (QED) is 0.382. The zero-order chi connectivity index (χ0) is 14.4. The Morgan fingerprint density at radius 1 is 1.11 bits per heavy atom. The van der Waals surface area contributed by atoms with Gasteiger partial charge in [0, 0.05) is 6.42 Å². The van der Waals surface area contributed by atoms with Gasteiger partial charge < -0.3 is 5.11 Å². The van der Waals surface area contributed by atoms with E-state index in [9.17, 15) is 13.2 Å². The molecule has 0 aliphatic carbocycles. The van der Waals surface area contributed by atoms with E-state index in [1.54, 1.807) is 0 Å². The topological polar surface area (TPSA) is 91.7 Å². The zero-order valence-corrected chi connectivity index (χ0v) is 12.2. The number of carboxylic acids is 1. The molecule has 2 N–H and O–H groups in total. The van der Waals surface area contributed by atoms with Crippen LogP contribution in [0.2, 0.25) is 5.09 Å². The maximum atomic E-state index is 10.0. The first-order chi connectivity index (χ1) is 8.33. The van der Waals surface area contributed by atoms with Crippen LogP contribution in [0.1, 0.15) is 51.9 Å². The summed E-state index contributed by atoms with van der Waals surface area (Å²) in [5.74, 6) is -0.778. The van der Waals surface area contributed by atoms with Crippen molar-refractivity contribution in [1.29, 1.82) is 0 Å². The van der Waals surface area contributed by atoms with E-state index in [-0.39, 0.29) is 5.75 Å². The molecule has 18 heavy (non-hydrogen) atoms. The molecule has 0 unspecified atom stereocenters. The number of hydrogen-bond acceptors (Lipinski definition) is 3. The van der Waals surface area contributed by atoms with Crippen molar-refractivity contribution < 1.29 is 22.9 Å². The molecule has 0 spiro atoms. The fourth-order valence-corrected chi connectivity index (χ4v) is 1.86. The zero-order valence-electron chi connectivity index (χ0n) is 11.4. The van der Waals surface area contributed by atoms with Crippen molar-refractivity contribution in [2.45, 2.75) is 57.0 Å². The molecule has 0 radical (unpaired) electrons. The van der Waals surface area contributed by atoms with E-state index >= 15 is 0 Å². The summed E-state index contributed by atoms with van der Waals surface area (Å²) >= 11 is 1.87. The van der Waals surface area contributed by atoms with Crippen LogP contribution in [-0.2, 0) is 14.9 Å². The Balaban J connectivity index is 0. The first-order valence-electron chi connectivity index (χ1n) is 6.50. The van der Waals surface area contributed by atoms with Crippen molar-refractivity contribution >= 4 is 33.8 Å². The average molecular weight is 274 g/mol. The van der Waals surface area contributed by atoms with Gasteiger partial charge in [0.2, 0.25) is 0 Å². The average Bonchev–Trinajstić information content (AvgIpc) is 2.25. The van der Waals surface area contributed by atoms with E-state index in [1.165, 1.54) is 19.3 Å². The monoisotopic (exact) mass is 274 g/mol. The van der Waals surface area contributed by atoms with Crippen LogP contribution in [0.25, 0.3) is 0 Å². The molecule has 0 fully saturated rings. The van der Waals surface area contributed by atoms with Crippen LogP contribution in [0.5, 0.6) is 0 Å². The minimum absolute atomic E-state index is 0.108. The minimum atomic E-state index is -3.69. The summed E-state index contributed by atoms with van der Waals surface area (Å²) in [6.07, 6.45) is 6.43. The van der Waals surface area contributed by atoms with Crippen LogP contribution >= 0.6 is 0 Å². The van der Waals surface area contributed by atoms with Gasteiger partial charge >= 0.3 is 64.0 Å². The SMILES string of the molecule is CCCCCCCC(=O)O.[Li][CH2]CCS(=O)(=O)O. The molecule has 5 nitrogen and oxygen atoms in total. The van der Waals surface area contributed by atoms with Gasteiger partial charge in [0.25, 0.3) is 0 Å². The molecule has 0 bridgehead atoms. The molecule has 0 rings (SSSR count). The van der Waals surface area contributed by atoms with Crippen molar-refractivity contribution in [2.24, 2.45) is 0 Å². The summed E-state index contributed by atoms with van der Waals surface area (Å²) in [5.41, 5.74) is 0. The van der Waals surface area contributed by atoms with Gasteiger partial charge in [-0.25, -0.2) is 0 Å². The number of unbranched alkanes of at least 4 members (excludes halogenated alkanes) is 4. The molecular weight excluding hydrogens is 251 g/mol. The van der Waals surface area contributed by atoms with Gasteiger partial charge in [0.1, 0.15) is 0 Å². The third kappa shape index (κ3) is 25.0. The Labute approximate surface area is 119 Å². The normalized spacial score (nSPS) is 10.7. The first kappa shape index (κ1) is 20.3. The van der Waals surface area contributed by atoms with Crippen molar-refractivity contribution in [3.8, 4) is 0 Å². The number of rotatable bonds is 9. The fourth-order valence-electron chi connectivity index (χ4n) is 1.21. The summed E-state index contributed by atoms with van der Waals surface area (Å²) < 4.78 is 28.0. The molecule has 0 aromatic rings. The predicted octanol–water partition coefficient (Wildman–Crippen LogP) is 2.28. The standard InChI is InChI=1S/C8H16O2.C3H7O3S.Li/c1-2-3-4-5-6-7-8(9)10;1-2-3-7(4,5)6;/h2-7H2,1H3,(H,9,10);1-3H2,(H,4,5,6);. The molecule has 0 atom stereocenters. The summed E-state index contributed by atoms with van der Waals surface area (Å²) in [5, 5.41) is 9.06. The second-order valence-corrected chi connectivity index (χ2v) is 5.77. The Bertz CT molecular complexity index is 290. The second-order valence-electron chi connectivity index (χ2n) is 4.20. The number of carbonyl (C=O) groups is 1. The summed E-state index contributed by atoms with van der Waals surface area (Å²) in [6.45, 7) is 2.15. The molecule has 0 saturated heterocycles. The van der Waals surface area contributed by atoms with E-state index in [2.05, 4.69) is 6.92 Å². The molecular formula is C11H23LiO5S. The molecule has 104 valence electrons.